The maximum absolute atomic E-state index is 12.1. The largest absolute Gasteiger partial charge is 0.301 e. The number of carbonyl (C=O) groups excluding carboxylic acids is 1. The first-order valence-electron chi connectivity index (χ1n) is 5.13. The number of halogens is 1. The summed E-state index contributed by atoms with van der Waals surface area (Å²) in [6.07, 6.45) is 3.28. The van der Waals surface area contributed by atoms with Gasteiger partial charge >= 0.3 is 0 Å². The fourth-order valence-corrected chi connectivity index (χ4v) is 1.97. The van der Waals surface area contributed by atoms with E-state index in [0.29, 0.717) is 17.3 Å². The highest BCUT2D eigenvalue weighted by Crippen LogP contribution is 2.26. The van der Waals surface area contributed by atoms with Gasteiger partial charge < -0.3 is 4.90 Å². The Balaban J connectivity index is 1.99. The van der Waals surface area contributed by atoms with Crippen molar-refractivity contribution in [2.75, 3.05) is 4.90 Å². The molecule has 0 fully saturated rings. The summed E-state index contributed by atoms with van der Waals surface area (Å²) in [6, 6.07) is 6.99. The second-order valence-electron chi connectivity index (χ2n) is 3.73. The molecule has 1 aliphatic rings. The van der Waals surface area contributed by atoms with Gasteiger partial charge in [-0.2, -0.15) is 0 Å². The molecule has 0 atom stereocenters. The Kier molecular flexibility index (Phi) is 2.30. The molecule has 0 saturated carbocycles. The molecule has 0 saturated heterocycles. The van der Waals surface area contributed by atoms with Crippen LogP contribution < -0.4 is 4.90 Å². The van der Waals surface area contributed by atoms with Gasteiger partial charge in [0.15, 0.2) is 0 Å². The number of hydrogen-bond donors (Lipinski definition) is 0. The van der Waals surface area contributed by atoms with Gasteiger partial charge in [0.05, 0.1) is 29.7 Å². The summed E-state index contributed by atoms with van der Waals surface area (Å²) in [5.41, 5.74) is 2.19. The van der Waals surface area contributed by atoms with E-state index in [1.807, 2.05) is 0 Å². The standard InChI is InChI=1S/C12H8ClN3O/c13-11-4-3-8(6-15-11)16-7-10-9(12(16)17)2-1-5-14-10/h1-6H,7H2. The number of nitrogens with zero attached hydrogens (tertiary/aromatic N) is 3. The van der Waals surface area contributed by atoms with Crippen molar-refractivity contribution < 1.29 is 4.79 Å². The quantitative estimate of drug-likeness (QED) is 0.724. The molecule has 0 radical (unpaired) electrons. The Bertz CT molecular complexity index is 583. The smallest absolute Gasteiger partial charge is 0.260 e. The van der Waals surface area contributed by atoms with E-state index in [0.717, 1.165) is 11.4 Å². The van der Waals surface area contributed by atoms with E-state index in [4.69, 9.17) is 11.6 Å². The molecule has 0 bridgehead atoms. The fraction of sp³-hybridized carbons (Fsp3) is 0.0833. The van der Waals surface area contributed by atoms with Gasteiger partial charge in [0.1, 0.15) is 5.15 Å². The van der Waals surface area contributed by atoms with Crippen LogP contribution in [0.2, 0.25) is 5.15 Å². The third-order valence-electron chi connectivity index (χ3n) is 2.70. The molecule has 17 heavy (non-hydrogen) atoms. The first kappa shape index (κ1) is 10.2. The lowest BCUT2D eigenvalue weighted by molar-refractivity contribution is 0.0996. The van der Waals surface area contributed by atoms with Crippen molar-refractivity contribution in [2.24, 2.45) is 0 Å². The second-order valence-corrected chi connectivity index (χ2v) is 4.12. The summed E-state index contributed by atoms with van der Waals surface area (Å²) < 4.78 is 0. The summed E-state index contributed by atoms with van der Waals surface area (Å²) in [6.45, 7) is 0.484. The van der Waals surface area contributed by atoms with Gasteiger partial charge in [-0.25, -0.2) is 4.98 Å². The average molecular weight is 246 g/mol. The van der Waals surface area contributed by atoms with Crippen molar-refractivity contribution in [1.29, 1.82) is 0 Å². The monoisotopic (exact) mass is 245 g/mol. The van der Waals surface area contributed by atoms with Crippen LogP contribution >= 0.6 is 11.6 Å². The molecule has 3 rings (SSSR count). The molecule has 0 aliphatic carbocycles. The topological polar surface area (TPSA) is 46.1 Å². The minimum absolute atomic E-state index is 0.0442. The highest BCUT2D eigenvalue weighted by atomic mass is 35.5. The van der Waals surface area contributed by atoms with Gasteiger partial charge in [-0.3, -0.25) is 9.78 Å². The summed E-state index contributed by atoms with van der Waals surface area (Å²) in [5.74, 6) is -0.0442. The van der Waals surface area contributed by atoms with Crippen LogP contribution in [-0.4, -0.2) is 15.9 Å². The van der Waals surface area contributed by atoms with E-state index in [9.17, 15) is 4.79 Å². The number of carbonyl (C=O) groups is 1. The highest BCUT2D eigenvalue weighted by Gasteiger charge is 2.29. The van der Waals surface area contributed by atoms with Gasteiger partial charge in [0.25, 0.3) is 5.91 Å². The van der Waals surface area contributed by atoms with Crippen molar-refractivity contribution in [3.05, 3.63) is 53.1 Å². The summed E-state index contributed by atoms with van der Waals surface area (Å²) in [5, 5.41) is 0.413. The molecule has 0 aromatic carbocycles. The van der Waals surface area contributed by atoms with Crippen LogP contribution in [0.5, 0.6) is 0 Å². The molecule has 84 valence electrons. The minimum atomic E-state index is -0.0442. The lowest BCUT2D eigenvalue weighted by Crippen LogP contribution is -2.23. The number of pyridine rings is 2. The van der Waals surface area contributed by atoms with Crippen LogP contribution in [0.1, 0.15) is 16.1 Å². The van der Waals surface area contributed by atoms with Crippen molar-refractivity contribution in [2.45, 2.75) is 6.54 Å². The van der Waals surface area contributed by atoms with E-state index < -0.39 is 0 Å². The van der Waals surface area contributed by atoms with Gasteiger partial charge in [-0.05, 0) is 24.3 Å². The van der Waals surface area contributed by atoms with Crippen molar-refractivity contribution in [3.63, 3.8) is 0 Å². The number of hydrogen-bond acceptors (Lipinski definition) is 3. The molecule has 1 aliphatic heterocycles. The maximum atomic E-state index is 12.1. The Morgan fingerprint density at radius 3 is 2.82 bits per heavy atom. The first-order chi connectivity index (χ1) is 8.25. The molecular formula is C12H8ClN3O. The lowest BCUT2D eigenvalue weighted by atomic mass is 10.2. The second kappa shape index (κ2) is 3.82. The van der Waals surface area contributed by atoms with E-state index in [-0.39, 0.29) is 5.91 Å². The van der Waals surface area contributed by atoms with Crippen molar-refractivity contribution >= 4 is 23.2 Å². The van der Waals surface area contributed by atoms with Crippen LogP contribution in [0.3, 0.4) is 0 Å². The van der Waals surface area contributed by atoms with Crippen LogP contribution in [-0.2, 0) is 6.54 Å². The molecule has 2 aromatic heterocycles. The number of amides is 1. The summed E-state index contributed by atoms with van der Waals surface area (Å²) in [4.78, 5) is 21.9. The molecule has 4 nitrogen and oxygen atoms in total. The van der Waals surface area contributed by atoms with E-state index in [1.165, 1.54) is 0 Å². The van der Waals surface area contributed by atoms with Gasteiger partial charge in [-0.1, -0.05) is 11.6 Å². The zero-order valence-electron chi connectivity index (χ0n) is 8.80. The fourth-order valence-electron chi connectivity index (χ4n) is 1.86. The maximum Gasteiger partial charge on any atom is 0.260 e. The molecule has 1 amide bonds. The molecule has 0 N–H and O–H groups in total. The Morgan fingerprint density at radius 2 is 2.12 bits per heavy atom. The SMILES string of the molecule is O=C1c2cccnc2CN1c1ccc(Cl)nc1. The summed E-state index contributed by atoms with van der Waals surface area (Å²) >= 11 is 5.72. The molecule has 0 unspecified atom stereocenters. The minimum Gasteiger partial charge on any atom is -0.301 e. The zero-order chi connectivity index (χ0) is 11.8. The summed E-state index contributed by atoms with van der Waals surface area (Å²) in [7, 11) is 0. The Labute approximate surface area is 103 Å². The van der Waals surface area contributed by atoms with Crippen molar-refractivity contribution in [3.8, 4) is 0 Å². The molecule has 3 heterocycles. The van der Waals surface area contributed by atoms with Gasteiger partial charge in [0, 0.05) is 6.20 Å². The van der Waals surface area contributed by atoms with Crippen LogP contribution in [0.4, 0.5) is 5.69 Å². The predicted molar refractivity (Wildman–Crippen MR) is 64.0 cm³/mol. The van der Waals surface area contributed by atoms with Gasteiger partial charge in [0.2, 0.25) is 0 Å². The Morgan fingerprint density at radius 1 is 1.24 bits per heavy atom. The van der Waals surface area contributed by atoms with E-state index >= 15 is 0 Å². The number of fused-ring (bicyclic) bond motifs is 1. The van der Waals surface area contributed by atoms with E-state index in [2.05, 4.69) is 9.97 Å². The van der Waals surface area contributed by atoms with Gasteiger partial charge in [-0.15, -0.1) is 0 Å². The number of anilines is 1. The normalized spacial score (nSPS) is 13.9. The van der Waals surface area contributed by atoms with Crippen LogP contribution in [0, 0.1) is 0 Å². The first-order valence-corrected chi connectivity index (χ1v) is 5.51. The number of rotatable bonds is 1. The van der Waals surface area contributed by atoms with Crippen molar-refractivity contribution in [1.82, 2.24) is 9.97 Å². The highest BCUT2D eigenvalue weighted by molar-refractivity contribution is 6.29. The molecule has 2 aromatic rings. The Hall–Kier alpha value is -1.94. The van der Waals surface area contributed by atoms with Crippen LogP contribution in [0.25, 0.3) is 0 Å². The predicted octanol–water partition coefficient (Wildman–Crippen LogP) is 2.29. The zero-order valence-corrected chi connectivity index (χ0v) is 9.55. The molecule has 5 heteroatoms. The number of aromatic nitrogens is 2. The third-order valence-corrected chi connectivity index (χ3v) is 2.92. The van der Waals surface area contributed by atoms with Crippen LogP contribution in [0.15, 0.2) is 36.7 Å². The molecular weight excluding hydrogens is 238 g/mol. The van der Waals surface area contributed by atoms with E-state index in [1.54, 1.807) is 41.6 Å². The lowest BCUT2D eigenvalue weighted by Gasteiger charge is -2.14. The third kappa shape index (κ3) is 1.66. The molecule has 0 spiro atoms. The average Bonchev–Trinajstić information content (AvgIpc) is 2.69.